The van der Waals surface area contributed by atoms with Gasteiger partial charge in [-0.25, -0.2) is 0 Å². The molecule has 1 aliphatic heterocycles. The van der Waals surface area contributed by atoms with Crippen LogP contribution >= 0.6 is 0 Å². The molecule has 1 aromatic heterocycles. The standard InChI is InChI=1S/C15H23BN2O2/c1-6-11-7-8-12(17)13(18-11)9-10-16-19-14(2,3)15(4,5)20-16/h7-10H,6,17H2,1-5H3/b10-9+. The maximum absolute atomic E-state index is 5.94. The fraction of sp³-hybridized carbons (Fsp3) is 0.533. The van der Waals surface area contributed by atoms with Crippen LogP contribution in [0.25, 0.3) is 6.08 Å². The minimum absolute atomic E-state index is 0.327. The first-order chi connectivity index (χ1) is 9.25. The van der Waals surface area contributed by atoms with Crippen LogP contribution in [0.1, 0.15) is 46.0 Å². The molecule has 0 atom stereocenters. The van der Waals surface area contributed by atoms with Crippen LogP contribution in [-0.4, -0.2) is 23.3 Å². The van der Waals surface area contributed by atoms with Crippen molar-refractivity contribution in [2.75, 3.05) is 5.73 Å². The second-order valence-corrected chi connectivity index (χ2v) is 6.11. The fourth-order valence-corrected chi connectivity index (χ4v) is 2.00. The fourth-order valence-electron chi connectivity index (χ4n) is 2.00. The van der Waals surface area contributed by atoms with Crippen molar-refractivity contribution in [2.45, 2.75) is 52.2 Å². The van der Waals surface area contributed by atoms with E-state index in [0.717, 1.165) is 17.8 Å². The second-order valence-electron chi connectivity index (χ2n) is 6.11. The van der Waals surface area contributed by atoms with E-state index in [4.69, 9.17) is 15.0 Å². The molecule has 2 N–H and O–H groups in total. The predicted molar refractivity (Wildman–Crippen MR) is 83.1 cm³/mol. The van der Waals surface area contributed by atoms with E-state index < -0.39 is 0 Å². The Morgan fingerprint density at radius 2 is 1.80 bits per heavy atom. The van der Waals surface area contributed by atoms with Gasteiger partial charge in [0.05, 0.1) is 22.6 Å². The monoisotopic (exact) mass is 274 g/mol. The average Bonchev–Trinajstić information content (AvgIpc) is 2.57. The van der Waals surface area contributed by atoms with E-state index in [-0.39, 0.29) is 18.3 Å². The van der Waals surface area contributed by atoms with Crippen LogP contribution in [0, 0.1) is 0 Å². The summed E-state index contributed by atoms with van der Waals surface area (Å²) >= 11 is 0. The first-order valence-corrected chi connectivity index (χ1v) is 7.04. The summed E-state index contributed by atoms with van der Waals surface area (Å²) in [6, 6.07) is 3.83. The first-order valence-electron chi connectivity index (χ1n) is 7.04. The normalized spacial score (nSPS) is 20.8. The zero-order valence-corrected chi connectivity index (χ0v) is 12.9. The molecule has 5 heteroatoms. The molecule has 4 nitrogen and oxygen atoms in total. The summed E-state index contributed by atoms with van der Waals surface area (Å²) in [6.45, 7) is 10.2. The minimum atomic E-state index is -0.369. The number of anilines is 1. The van der Waals surface area contributed by atoms with Crippen LogP contribution in [0.5, 0.6) is 0 Å². The van der Waals surface area contributed by atoms with Crippen LogP contribution in [0.4, 0.5) is 5.69 Å². The van der Waals surface area contributed by atoms with E-state index in [0.29, 0.717) is 5.69 Å². The van der Waals surface area contributed by atoms with Gasteiger partial charge >= 0.3 is 7.12 Å². The first kappa shape index (κ1) is 15.1. The molecule has 2 rings (SSSR count). The Bertz CT molecular complexity index is 511. The van der Waals surface area contributed by atoms with Crippen molar-refractivity contribution in [1.82, 2.24) is 4.98 Å². The second kappa shape index (κ2) is 5.22. The largest absolute Gasteiger partial charge is 0.487 e. The third kappa shape index (κ3) is 2.89. The molecule has 0 spiro atoms. The third-order valence-corrected chi connectivity index (χ3v) is 4.06. The molecule has 0 aliphatic carbocycles. The molecule has 0 unspecified atom stereocenters. The van der Waals surface area contributed by atoms with Gasteiger partial charge in [0, 0.05) is 5.69 Å². The van der Waals surface area contributed by atoms with E-state index in [9.17, 15) is 0 Å². The van der Waals surface area contributed by atoms with Crippen molar-refractivity contribution in [3.63, 3.8) is 0 Å². The predicted octanol–water partition coefficient (Wildman–Crippen LogP) is 2.87. The van der Waals surface area contributed by atoms with E-state index in [1.54, 1.807) is 0 Å². The van der Waals surface area contributed by atoms with Crippen LogP contribution in [0.3, 0.4) is 0 Å². The molecule has 108 valence electrons. The molecule has 1 fully saturated rings. The number of aromatic nitrogens is 1. The van der Waals surface area contributed by atoms with Gasteiger partial charge < -0.3 is 15.0 Å². The molecule has 1 saturated heterocycles. The summed E-state index contributed by atoms with van der Waals surface area (Å²) in [4.78, 5) is 4.50. The summed E-state index contributed by atoms with van der Waals surface area (Å²) in [5.41, 5.74) is 7.73. The van der Waals surface area contributed by atoms with Crippen molar-refractivity contribution in [3.8, 4) is 0 Å². The molecule has 2 heterocycles. The number of nitrogens with two attached hydrogens (primary N) is 1. The lowest BCUT2D eigenvalue weighted by Crippen LogP contribution is -2.41. The summed E-state index contributed by atoms with van der Waals surface area (Å²) in [5, 5.41) is 0. The number of hydrogen-bond donors (Lipinski definition) is 1. The summed E-state index contributed by atoms with van der Waals surface area (Å²) in [6.07, 6.45) is 2.76. The van der Waals surface area contributed by atoms with Crippen LogP contribution < -0.4 is 5.73 Å². The van der Waals surface area contributed by atoms with Gasteiger partial charge in [-0.05, 0) is 52.3 Å². The summed E-state index contributed by atoms with van der Waals surface area (Å²) in [5.74, 6) is 1.87. The zero-order valence-electron chi connectivity index (χ0n) is 12.9. The van der Waals surface area contributed by atoms with E-state index >= 15 is 0 Å². The SMILES string of the molecule is CCc1ccc(N)c(/C=C/B2OC(C)(C)C(C)(C)O2)n1. The lowest BCUT2D eigenvalue weighted by atomic mass is 9.89. The van der Waals surface area contributed by atoms with Crippen molar-refractivity contribution in [2.24, 2.45) is 0 Å². The zero-order chi connectivity index (χ0) is 15.0. The Morgan fingerprint density at radius 3 is 2.35 bits per heavy atom. The Hall–Kier alpha value is -1.33. The topological polar surface area (TPSA) is 57.4 Å². The van der Waals surface area contributed by atoms with E-state index in [2.05, 4.69) is 11.9 Å². The van der Waals surface area contributed by atoms with Crippen molar-refractivity contribution < 1.29 is 9.31 Å². The van der Waals surface area contributed by atoms with Gasteiger partial charge in [0.2, 0.25) is 0 Å². The Labute approximate surface area is 121 Å². The highest BCUT2D eigenvalue weighted by Crippen LogP contribution is 2.37. The highest BCUT2D eigenvalue weighted by Gasteiger charge is 2.50. The molecule has 0 saturated carbocycles. The average molecular weight is 274 g/mol. The Kier molecular flexibility index (Phi) is 3.94. The number of nitrogen functional groups attached to an aromatic ring is 1. The van der Waals surface area contributed by atoms with E-state index in [1.165, 1.54) is 0 Å². The number of hydrogen-bond acceptors (Lipinski definition) is 4. The molecular formula is C15H23BN2O2. The van der Waals surface area contributed by atoms with Gasteiger partial charge in [-0.3, -0.25) is 4.98 Å². The van der Waals surface area contributed by atoms with Gasteiger partial charge in [-0.1, -0.05) is 12.9 Å². The van der Waals surface area contributed by atoms with Crippen LogP contribution in [0.2, 0.25) is 0 Å². The van der Waals surface area contributed by atoms with Gasteiger partial charge in [0.25, 0.3) is 0 Å². The molecule has 0 aromatic carbocycles. The molecule has 1 aromatic rings. The highest BCUT2D eigenvalue weighted by atomic mass is 16.7. The Morgan fingerprint density at radius 1 is 1.20 bits per heavy atom. The maximum atomic E-state index is 5.94. The Balaban J connectivity index is 2.15. The smallest absolute Gasteiger partial charge is 0.400 e. The van der Waals surface area contributed by atoms with Crippen molar-refractivity contribution >= 4 is 18.9 Å². The van der Waals surface area contributed by atoms with Gasteiger partial charge in [-0.2, -0.15) is 0 Å². The molecule has 0 amide bonds. The molecule has 20 heavy (non-hydrogen) atoms. The van der Waals surface area contributed by atoms with Crippen molar-refractivity contribution in [3.05, 3.63) is 29.5 Å². The summed E-state index contributed by atoms with van der Waals surface area (Å²) in [7, 11) is -0.369. The molecule has 0 bridgehead atoms. The van der Waals surface area contributed by atoms with Gasteiger partial charge in [-0.15, -0.1) is 0 Å². The van der Waals surface area contributed by atoms with Gasteiger partial charge in [0.15, 0.2) is 0 Å². The molecule has 1 aliphatic rings. The highest BCUT2D eigenvalue weighted by molar-refractivity contribution is 6.52. The number of rotatable bonds is 3. The molecule has 0 radical (unpaired) electrons. The number of aryl methyl sites for hydroxylation is 1. The summed E-state index contributed by atoms with van der Waals surface area (Å²) < 4.78 is 11.8. The lowest BCUT2D eigenvalue weighted by molar-refractivity contribution is 0.00578. The number of nitrogens with zero attached hydrogens (tertiary/aromatic N) is 1. The van der Waals surface area contributed by atoms with E-state index in [1.807, 2.05) is 51.9 Å². The third-order valence-electron chi connectivity index (χ3n) is 4.06. The number of pyridine rings is 1. The van der Waals surface area contributed by atoms with Crippen LogP contribution in [-0.2, 0) is 15.7 Å². The molecular weight excluding hydrogens is 251 g/mol. The van der Waals surface area contributed by atoms with Crippen molar-refractivity contribution in [1.29, 1.82) is 0 Å². The minimum Gasteiger partial charge on any atom is -0.400 e. The lowest BCUT2D eigenvalue weighted by Gasteiger charge is -2.32. The van der Waals surface area contributed by atoms with Gasteiger partial charge in [0.1, 0.15) is 0 Å². The van der Waals surface area contributed by atoms with Crippen LogP contribution in [0.15, 0.2) is 18.1 Å². The maximum Gasteiger partial charge on any atom is 0.487 e. The quantitative estimate of drug-likeness (QED) is 0.861.